The highest BCUT2D eigenvalue weighted by Gasteiger charge is 2.61. The maximum atomic E-state index is 11.1. The van der Waals surface area contributed by atoms with Gasteiger partial charge in [-0.05, 0) is 85.9 Å². The second-order valence-electron chi connectivity index (χ2n) is 9.91. The molecule has 0 saturated heterocycles. The number of oxime groups is 1. The van der Waals surface area contributed by atoms with E-state index in [2.05, 4.69) is 19.0 Å². The summed E-state index contributed by atoms with van der Waals surface area (Å²) in [6, 6.07) is 0. The zero-order chi connectivity index (χ0) is 18.5. The van der Waals surface area contributed by atoms with Crippen LogP contribution in [0.5, 0.6) is 0 Å². The topological polar surface area (TPSA) is 88.1 Å². The van der Waals surface area contributed by atoms with E-state index in [1.165, 1.54) is 6.42 Å². The molecule has 0 unspecified atom stereocenters. The predicted molar refractivity (Wildman–Crippen MR) is 102 cm³/mol. The van der Waals surface area contributed by atoms with Crippen LogP contribution in [0.2, 0.25) is 0 Å². The minimum absolute atomic E-state index is 0.0709. The van der Waals surface area contributed by atoms with Crippen molar-refractivity contribution in [3.05, 3.63) is 0 Å². The fourth-order valence-electron chi connectivity index (χ4n) is 7.35. The highest BCUT2D eigenvalue weighted by atomic mass is 16.6. The van der Waals surface area contributed by atoms with Crippen LogP contribution in [-0.4, -0.2) is 41.3 Å². The number of aliphatic hydroxyl groups excluding tert-OH is 2. The molecule has 0 aromatic heterocycles. The van der Waals surface area contributed by atoms with Crippen LogP contribution in [0.4, 0.5) is 0 Å². The van der Waals surface area contributed by atoms with Crippen molar-refractivity contribution in [2.45, 2.75) is 77.4 Å². The summed E-state index contributed by atoms with van der Waals surface area (Å²) in [7, 11) is 0. The lowest BCUT2D eigenvalue weighted by Crippen LogP contribution is -2.58. The second kappa shape index (κ2) is 6.75. The van der Waals surface area contributed by atoms with Crippen LogP contribution >= 0.6 is 0 Å². The van der Waals surface area contributed by atoms with Gasteiger partial charge in [0.1, 0.15) is 6.61 Å². The van der Waals surface area contributed by atoms with E-state index >= 15 is 0 Å². The molecule has 0 spiro atoms. The molecule has 5 heteroatoms. The molecule has 0 aromatic carbocycles. The average Bonchev–Trinajstić information content (AvgIpc) is 2.92. The van der Waals surface area contributed by atoms with E-state index in [1.807, 2.05) is 0 Å². The first-order valence-electron chi connectivity index (χ1n) is 10.6. The van der Waals surface area contributed by atoms with Gasteiger partial charge in [-0.2, -0.15) is 0 Å². The molecule has 4 saturated carbocycles. The van der Waals surface area contributed by atoms with E-state index in [-0.39, 0.29) is 29.0 Å². The maximum Gasteiger partial charge on any atom is 0.129 e. The van der Waals surface area contributed by atoms with Crippen LogP contribution in [-0.2, 0) is 4.84 Å². The highest BCUT2D eigenvalue weighted by molar-refractivity contribution is 5.85. The lowest BCUT2D eigenvalue weighted by Gasteiger charge is -2.61. The molecule has 0 aliphatic heterocycles. The van der Waals surface area contributed by atoms with Gasteiger partial charge in [-0.25, -0.2) is 0 Å². The molecular weight excluding hydrogens is 328 g/mol. The Balaban J connectivity index is 1.55. The molecule has 0 heterocycles. The van der Waals surface area contributed by atoms with Gasteiger partial charge in [0.15, 0.2) is 0 Å². The molecule has 0 aromatic rings. The van der Waals surface area contributed by atoms with Gasteiger partial charge in [-0.1, -0.05) is 19.0 Å². The molecule has 5 nitrogen and oxygen atoms in total. The molecule has 4 aliphatic rings. The van der Waals surface area contributed by atoms with Gasteiger partial charge in [0.2, 0.25) is 0 Å². The fourth-order valence-corrected chi connectivity index (χ4v) is 7.35. The van der Waals surface area contributed by atoms with Crippen molar-refractivity contribution in [3.63, 3.8) is 0 Å². The van der Waals surface area contributed by atoms with E-state index in [4.69, 9.17) is 10.6 Å². The summed E-state index contributed by atoms with van der Waals surface area (Å²) in [5.41, 5.74) is 6.83. The number of nitrogens with two attached hydrogens (primary N) is 1. The first-order valence-corrected chi connectivity index (χ1v) is 10.6. The predicted octanol–water partition coefficient (Wildman–Crippen LogP) is 2.69. The number of fused-ring (bicyclic) bond motifs is 5. The lowest BCUT2D eigenvalue weighted by molar-refractivity contribution is -0.153. The Morgan fingerprint density at radius 1 is 1.08 bits per heavy atom. The Hall–Kier alpha value is -0.650. The van der Waals surface area contributed by atoms with Gasteiger partial charge in [0, 0.05) is 6.54 Å². The first-order chi connectivity index (χ1) is 12.4. The Bertz CT molecular complexity index is 567. The van der Waals surface area contributed by atoms with E-state index in [1.54, 1.807) is 0 Å². The Morgan fingerprint density at radius 3 is 2.62 bits per heavy atom. The van der Waals surface area contributed by atoms with E-state index in [9.17, 15) is 10.2 Å². The number of aliphatic hydroxyl groups is 2. The normalized spacial score (nSPS) is 52.3. The number of hydrogen-bond donors (Lipinski definition) is 3. The van der Waals surface area contributed by atoms with Crippen molar-refractivity contribution >= 4 is 5.71 Å². The SMILES string of the molecule is C[C@]12CC/C(=N/OCCN)C[C@@H]1[C@@H](O)C[C@@H]1[C@@H]2CC[C@]2(C)[C@@H](O)CC[C@@H]12. The summed E-state index contributed by atoms with van der Waals surface area (Å²) >= 11 is 0. The lowest BCUT2D eigenvalue weighted by atomic mass is 9.44. The monoisotopic (exact) mass is 364 g/mol. The molecule has 0 bridgehead atoms. The van der Waals surface area contributed by atoms with Gasteiger partial charge in [0.25, 0.3) is 0 Å². The van der Waals surface area contributed by atoms with Gasteiger partial charge < -0.3 is 20.8 Å². The third-order valence-corrected chi connectivity index (χ3v) is 8.87. The maximum absolute atomic E-state index is 11.1. The molecular formula is C21H36N2O3. The van der Waals surface area contributed by atoms with Crippen molar-refractivity contribution in [1.82, 2.24) is 0 Å². The molecule has 26 heavy (non-hydrogen) atoms. The largest absolute Gasteiger partial charge is 0.395 e. The molecule has 4 rings (SSSR count). The quantitative estimate of drug-likeness (QED) is 0.531. The molecule has 4 N–H and O–H groups in total. The summed E-state index contributed by atoms with van der Waals surface area (Å²) in [4.78, 5) is 5.31. The smallest absolute Gasteiger partial charge is 0.129 e. The average molecular weight is 365 g/mol. The molecule has 148 valence electrons. The Labute approximate surface area is 157 Å². The van der Waals surface area contributed by atoms with E-state index in [0.717, 1.165) is 50.7 Å². The van der Waals surface area contributed by atoms with Gasteiger partial charge in [-0.15, -0.1) is 0 Å². The van der Waals surface area contributed by atoms with Gasteiger partial charge >= 0.3 is 0 Å². The van der Waals surface area contributed by atoms with Crippen molar-refractivity contribution in [3.8, 4) is 0 Å². The van der Waals surface area contributed by atoms with Crippen LogP contribution in [0, 0.1) is 34.5 Å². The first kappa shape index (κ1) is 18.7. The van der Waals surface area contributed by atoms with Crippen LogP contribution in [0.1, 0.15) is 65.2 Å². The van der Waals surface area contributed by atoms with Crippen molar-refractivity contribution in [1.29, 1.82) is 0 Å². The van der Waals surface area contributed by atoms with E-state index in [0.29, 0.717) is 30.9 Å². The zero-order valence-electron chi connectivity index (χ0n) is 16.4. The standard InChI is InChI=1S/C21H36N2O3/c1-20-7-5-13(23-26-10-9-22)11-17(20)18(24)12-14-15-3-4-19(25)21(15,2)8-6-16(14)20/h14-19,24-25H,3-12,22H2,1-2H3/b23-13-/t14-,15-,16-,17+,18-,19-,20+,21-/m0/s1. The van der Waals surface area contributed by atoms with Crippen LogP contribution < -0.4 is 5.73 Å². The second-order valence-corrected chi connectivity index (χ2v) is 9.91. The van der Waals surface area contributed by atoms with Gasteiger partial charge in [-0.3, -0.25) is 0 Å². The summed E-state index contributed by atoms with van der Waals surface area (Å²) in [5, 5.41) is 26.0. The number of hydrogen-bond acceptors (Lipinski definition) is 5. The Morgan fingerprint density at radius 2 is 1.85 bits per heavy atom. The van der Waals surface area contributed by atoms with Crippen molar-refractivity contribution in [2.75, 3.05) is 13.2 Å². The summed E-state index contributed by atoms with van der Waals surface area (Å²) in [6.07, 6.45) is 7.81. The third-order valence-electron chi connectivity index (χ3n) is 8.87. The number of nitrogens with zero attached hydrogens (tertiary/aromatic N) is 1. The molecule has 4 fully saturated rings. The van der Waals surface area contributed by atoms with Crippen LogP contribution in [0.3, 0.4) is 0 Å². The third kappa shape index (κ3) is 2.73. The summed E-state index contributed by atoms with van der Waals surface area (Å²) in [5.74, 6) is 2.10. The molecule has 8 atom stereocenters. The van der Waals surface area contributed by atoms with Crippen molar-refractivity contribution < 1.29 is 15.1 Å². The highest BCUT2D eigenvalue weighted by Crippen LogP contribution is 2.65. The summed E-state index contributed by atoms with van der Waals surface area (Å²) < 4.78 is 0. The summed E-state index contributed by atoms with van der Waals surface area (Å²) in [6.45, 7) is 5.66. The van der Waals surface area contributed by atoms with Crippen LogP contribution in [0.25, 0.3) is 0 Å². The molecule has 0 amide bonds. The van der Waals surface area contributed by atoms with E-state index < -0.39 is 0 Å². The molecule has 4 aliphatic carbocycles. The van der Waals surface area contributed by atoms with Crippen LogP contribution in [0.15, 0.2) is 5.16 Å². The Kier molecular flexibility index (Phi) is 4.85. The van der Waals surface area contributed by atoms with Gasteiger partial charge in [0.05, 0.1) is 17.9 Å². The fraction of sp³-hybridized carbons (Fsp3) is 0.952. The van der Waals surface area contributed by atoms with Crippen molar-refractivity contribution in [2.24, 2.45) is 45.4 Å². The minimum Gasteiger partial charge on any atom is -0.395 e. The zero-order valence-corrected chi connectivity index (χ0v) is 16.4. The number of rotatable bonds is 3. The minimum atomic E-state index is -0.263. The molecule has 0 radical (unpaired) electrons.